The maximum absolute atomic E-state index is 4.88. The molecule has 0 aromatic heterocycles. The fourth-order valence-electron chi connectivity index (χ4n) is 0.413. The van der Waals surface area contributed by atoms with E-state index in [1.54, 1.807) is 0 Å². The first-order valence-corrected chi connectivity index (χ1v) is 2.88. The summed E-state index contributed by atoms with van der Waals surface area (Å²) in [6, 6.07) is 0. The van der Waals surface area contributed by atoms with Gasteiger partial charge >= 0.3 is 0 Å². The zero-order valence-corrected chi connectivity index (χ0v) is 4.94. The van der Waals surface area contributed by atoms with Crippen molar-refractivity contribution >= 4 is 15.9 Å². The summed E-state index contributed by atoms with van der Waals surface area (Å²) in [4.78, 5) is 0.581. The van der Waals surface area contributed by atoms with Gasteiger partial charge < -0.3 is 4.74 Å². The molecule has 1 rings (SSSR count). The highest BCUT2D eigenvalue weighted by atomic mass is 79.9. The Morgan fingerprint density at radius 1 is 1.83 bits per heavy atom. The van der Waals surface area contributed by atoms with E-state index in [4.69, 9.17) is 4.74 Å². The van der Waals surface area contributed by atoms with Gasteiger partial charge in [-0.15, -0.1) is 0 Å². The van der Waals surface area contributed by atoms with Gasteiger partial charge in [0.15, 0.2) is 0 Å². The monoisotopic (exact) mass is 149 g/mol. The highest BCUT2D eigenvalue weighted by Gasteiger charge is 2.10. The molecule has 1 aliphatic heterocycles. The maximum atomic E-state index is 4.88. The maximum Gasteiger partial charge on any atom is 0.0849 e. The first-order chi connectivity index (χ1) is 2.89. The Morgan fingerprint density at radius 2 is 2.67 bits per heavy atom. The van der Waals surface area contributed by atoms with Gasteiger partial charge in [-0.1, -0.05) is 15.9 Å². The SMILES string of the molecule is BrC1C[CH]OC1. The number of alkyl halides is 1. The molecular weight excluding hydrogens is 144 g/mol. The Kier molecular flexibility index (Phi) is 1.48. The Morgan fingerprint density at radius 3 is 2.83 bits per heavy atom. The Hall–Kier alpha value is 0.440. The summed E-state index contributed by atoms with van der Waals surface area (Å²) in [5, 5.41) is 0. The quantitative estimate of drug-likeness (QED) is 0.473. The minimum Gasteiger partial charge on any atom is -0.374 e. The van der Waals surface area contributed by atoms with Gasteiger partial charge in [0, 0.05) is 4.83 Å². The smallest absolute Gasteiger partial charge is 0.0849 e. The molecule has 0 N–H and O–H groups in total. The van der Waals surface area contributed by atoms with Crippen LogP contribution in [0.25, 0.3) is 0 Å². The third-order valence-electron chi connectivity index (χ3n) is 0.747. The van der Waals surface area contributed by atoms with E-state index >= 15 is 0 Å². The number of halogens is 1. The molecule has 1 unspecified atom stereocenters. The molecule has 1 aliphatic rings. The van der Waals surface area contributed by atoms with Gasteiger partial charge in [-0.05, 0) is 6.42 Å². The van der Waals surface area contributed by atoms with Crippen LogP contribution in [-0.4, -0.2) is 11.4 Å². The number of rotatable bonds is 0. The van der Waals surface area contributed by atoms with E-state index in [9.17, 15) is 0 Å². The molecule has 1 atom stereocenters. The number of hydrogen-bond donors (Lipinski definition) is 0. The molecule has 1 radical (unpaired) electrons. The van der Waals surface area contributed by atoms with Crippen molar-refractivity contribution in [3.63, 3.8) is 0 Å². The van der Waals surface area contributed by atoms with Crippen LogP contribution in [0, 0.1) is 6.61 Å². The average Bonchev–Trinajstić information content (AvgIpc) is 1.86. The fourth-order valence-corrected chi connectivity index (χ4v) is 0.718. The van der Waals surface area contributed by atoms with Crippen LogP contribution in [0.15, 0.2) is 0 Å². The standard InChI is InChI=1S/C4H6BrO/c5-4-1-2-6-3-4/h2,4H,1,3H2. The largest absolute Gasteiger partial charge is 0.374 e. The lowest BCUT2D eigenvalue weighted by Gasteiger charge is -1.86. The molecule has 35 valence electrons. The van der Waals surface area contributed by atoms with Crippen molar-refractivity contribution in [3.8, 4) is 0 Å². The van der Waals surface area contributed by atoms with Crippen molar-refractivity contribution < 1.29 is 4.74 Å². The van der Waals surface area contributed by atoms with Crippen LogP contribution in [-0.2, 0) is 4.74 Å². The zero-order valence-electron chi connectivity index (χ0n) is 3.36. The van der Waals surface area contributed by atoms with Crippen LogP contribution < -0.4 is 0 Å². The molecule has 1 saturated heterocycles. The van der Waals surface area contributed by atoms with E-state index in [1.165, 1.54) is 0 Å². The molecule has 1 nitrogen and oxygen atoms in total. The van der Waals surface area contributed by atoms with Crippen LogP contribution in [0.3, 0.4) is 0 Å². The third kappa shape index (κ3) is 0.949. The first-order valence-electron chi connectivity index (χ1n) is 1.97. The molecule has 0 aromatic rings. The molecular formula is C4H6BrO. The number of hydrogen-bond acceptors (Lipinski definition) is 1. The summed E-state index contributed by atoms with van der Waals surface area (Å²) >= 11 is 3.38. The van der Waals surface area contributed by atoms with Crippen molar-refractivity contribution in [3.05, 3.63) is 6.61 Å². The fraction of sp³-hybridized carbons (Fsp3) is 0.750. The van der Waals surface area contributed by atoms with Gasteiger partial charge in [0.2, 0.25) is 0 Å². The molecule has 0 spiro atoms. The highest BCUT2D eigenvalue weighted by molar-refractivity contribution is 9.09. The van der Waals surface area contributed by atoms with E-state index in [0.717, 1.165) is 13.0 Å². The van der Waals surface area contributed by atoms with E-state index in [1.807, 2.05) is 6.61 Å². The van der Waals surface area contributed by atoms with Crippen LogP contribution in [0.1, 0.15) is 6.42 Å². The minimum atomic E-state index is 0.581. The zero-order chi connectivity index (χ0) is 4.41. The second kappa shape index (κ2) is 1.94. The molecule has 0 aliphatic carbocycles. The predicted molar refractivity (Wildman–Crippen MR) is 27.6 cm³/mol. The Labute approximate surface area is 45.8 Å². The highest BCUT2D eigenvalue weighted by Crippen LogP contribution is 2.14. The van der Waals surface area contributed by atoms with E-state index in [0.29, 0.717) is 4.83 Å². The van der Waals surface area contributed by atoms with Gasteiger partial charge in [0.05, 0.1) is 13.2 Å². The Balaban J connectivity index is 2.18. The second-order valence-corrected chi connectivity index (χ2v) is 2.63. The van der Waals surface area contributed by atoms with Crippen molar-refractivity contribution in [2.45, 2.75) is 11.2 Å². The molecule has 6 heavy (non-hydrogen) atoms. The van der Waals surface area contributed by atoms with Crippen molar-refractivity contribution in [2.75, 3.05) is 6.61 Å². The third-order valence-corrected chi connectivity index (χ3v) is 1.39. The topological polar surface area (TPSA) is 9.23 Å². The van der Waals surface area contributed by atoms with Gasteiger partial charge in [-0.25, -0.2) is 0 Å². The van der Waals surface area contributed by atoms with E-state index in [2.05, 4.69) is 15.9 Å². The van der Waals surface area contributed by atoms with Crippen LogP contribution >= 0.6 is 15.9 Å². The molecule has 1 fully saturated rings. The summed E-state index contributed by atoms with van der Waals surface area (Å²) in [6.45, 7) is 2.68. The number of ether oxygens (including phenoxy) is 1. The lowest BCUT2D eigenvalue weighted by molar-refractivity contribution is 0.256. The Bertz CT molecular complexity index is 40.8. The molecule has 0 aromatic carbocycles. The molecule has 0 bridgehead atoms. The predicted octanol–water partition coefficient (Wildman–Crippen LogP) is 1.33. The van der Waals surface area contributed by atoms with Crippen molar-refractivity contribution in [2.24, 2.45) is 0 Å². The average molecular weight is 150 g/mol. The molecule has 0 amide bonds. The van der Waals surface area contributed by atoms with Gasteiger partial charge in [0.25, 0.3) is 0 Å². The molecule has 2 heteroatoms. The van der Waals surface area contributed by atoms with E-state index in [-0.39, 0.29) is 0 Å². The molecule has 1 heterocycles. The molecule has 0 saturated carbocycles. The first kappa shape index (κ1) is 4.60. The summed E-state index contributed by atoms with van der Waals surface area (Å²) in [6.07, 6.45) is 1.06. The van der Waals surface area contributed by atoms with Crippen molar-refractivity contribution in [1.82, 2.24) is 0 Å². The summed E-state index contributed by atoms with van der Waals surface area (Å²) < 4.78 is 4.88. The lowest BCUT2D eigenvalue weighted by atomic mass is 10.4. The van der Waals surface area contributed by atoms with Crippen LogP contribution in [0.4, 0.5) is 0 Å². The summed E-state index contributed by atoms with van der Waals surface area (Å²) in [5.41, 5.74) is 0. The lowest BCUT2D eigenvalue weighted by Crippen LogP contribution is -1.91. The summed E-state index contributed by atoms with van der Waals surface area (Å²) in [5.74, 6) is 0. The summed E-state index contributed by atoms with van der Waals surface area (Å²) in [7, 11) is 0. The minimum absolute atomic E-state index is 0.581. The van der Waals surface area contributed by atoms with Gasteiger partial charge in [-0.2, -0.15) is 0 Å². The van der Waals surface area contributed by atoms with Gasteiger partial charge in [-0.3, -0.25) is 0 Å². The second-order valence-electron chi connectivity index (χ2n) is 1.33. The van der Waals surface area contributed by atoms with E-state index < -0.39 is 0 Å². The van der Waals surface area contributed by atoms with Crippen LogP contribution in [0.2, 0.25) is 0 Å². The van der Waals surface area contributed by atoms with Crippen LogP contribution in [0.5, 0.6) is 0 Å². The normalized spacial score (nSPS) is 34.5. The van der Waals surface area contributed by atoms with Gasteiger partial charge in [0.1, 0.15) is 0 Å². The van der Waals surface area contributed by atoms with Crippen molar-refractivity contribution in [1.29, 1.82) is 0 Å².